The second-order valence-electron chi connectivity index (χ2n) is 4.88. The maximum absolute atomic E-state index is 12.5. The van der Waals surface area contributed by atoms with Crippen LogP contribution in [0.1, 0.15) is 28.8 Å². The quantitative estimate of drug-likeness (QED) is 0.869. The standard InChI is InChI=1S/C15H16N2OS/c16-14-4-2-1-3-11(14)9-17(13-5-6-13)15(18)12-7-8-19-10-12/h1-4,7-8,10,13H,5-6,9,16H2. The highest BCUT2D eigenvalue weighted by Crippen LogP contribution is 2.31. The van der Waals surface area contributed by atoms with Crippen LogP contribution in [-0.4, -0.2) is 16.8 Å². The van der Waals surface area contributed by atoms with E-state index in [2.05, 4.69) is 0 Å². The summed E-state index contributed by atoms with van der Waals surface area (Å²) in [5.74, 6) is 0.118. The molecule has 1 aliphatic carbocycles. The van der Waals surface area contributed by atoms with Crippen molar-refractivity contribution in [1.29, 1.82) is 0 Å². The van der Waals surface area contributed by atoms with Gasteiger partial charge in [0.25, 0.3) is 5.91 Å². The molecular formula is C15H16N2OS. The third kappa shape index (κ3) is 2.63. The van der Waals surface area contributed by atoms with E-state index in [9.17, 15) is 4.79 Å². The number of carbonyl (C=O) groups excluding carboxylic acids is 1. The molecule has 4 heteroatoms. The van der Waals surface area contributed by atoms with Crippen molar-refractivity contribution in [2.45, 2.75) is 25.4 Å². The Hall–Kier alpha value is -1.81. The smallest absolute Gasteiger partial charge is 0.255 e. The molecule has 1 aromatic heterocycles. The molecule has 0 saturated heterocycles. The first-order valence-corrected chi connectivity index (χ1v) is 7.36. The van der Waals surface area contributed by atoms with E-state index in [0.717, 1.165) is 29.7 Å². The van der Waals surface area contributed by atoms with Gasteiger partial charge in [-0.15, -0.1) is 0 Å². The van der Waals surface area contributed by atoms with E-state index in [1.807, 2.05) is 46.0 Å². The number of thiophene rings is 1. The van der Waals surface area contributed by atoms with Crippen molar-refractivity contribution in [3.8, 4) is 0 Å². The molecule has 2 aromatic rings. The Morgan fingerprint density at radius 2 is 2.11 bits per heavy atom. The lowest BCUT2D eigenvalue weighted by Crippen LogP contribution is -2.32. The molecular weight excluding hydrogens is 256 g/mol. The first-order valence-electron chi connectivity index (χ1n) is 6.42. The van der Waals surface area contributed by atoms with Gasteiger partial charge in [0.2, 0.25) is 0 Å². The predicted octanol–water partition coefficient (Wildman–Crippen LogP) is 3.14. The van der Waals surface area contributed by atoms with Crippen LogP contribution in [0, 0.1) is 0 Å². The van der Waals surface area contributed by atoms with Crippen molar-refractivity contribution in [2.24, 2.45) is 0 Å². The van der Waals surface area contributed by atoms with E-state index in [4.69, 9.17) is 5.73 Å². The molecule has 0 radical (unpaired) electrons. The van der Waals surface area contributed by atoms with Crippen molar-refractivity contribution in [3.05, 3.63) is 52.2 Å². The number of amides is 1. The number of hydrogen-bond acceptors (Lipinski definition) is 3. The summed E-state index contributed by atoms with van der Waals surface area (Å²) in [4.78, 5) is 14.4. The molecule has 1 aliphatic rings. The van der Waals surface area contributed by atoms with Gasteiger partial charge in [0.15, 0.2) is 0 Å². The topological polar surface area (TPSA) is 46.3 Å². The molecule has 3 nitrogen and oxygen atoms in total. The van der Waals surface area contributed by atoms with Gasteiger partial charge in [-0.2, -0.15) is 11.3 Å². The van der Waals surface area contributed by atoms with Crippen LogP contribution in [-0.2, 0) is 6.54 Å². The normalized spacial score (nSPS) is 14.3. The van der Waals surface area contributed by atoms with E-state index in [-0.39, 0.29) is 5.91 Å². The van der Waals surface area contributed by atoms with E-state index >= 15 is 0 Å². The van der Waals surface area contributed by atoms with Crippen LogP contribution in [0.25, 0.3) is 0 Å². The molecule has 1 saturated carbocycles. The Labute approximate surface area is 116 Å². The molecule has 1 fully saturated rings. The van der Waals surface area contributed by atoms with Crippen LogP contribution in [0.3, 0.4) is 0 Å². The van der Waals surface area contributed by atoms with Gasteiger partial charge in [0, 0.05) is 23.7 Å². The van der Waals surface area contributed by atoms with Crippen LogP contribution < -0.4 is 5.73 Å². The van der Waals surface area contributed by atoms with E-state index < -0.39 is 0 Å². The third-order valence-electron chi connectivity index (χ3n) is 3.41. The van der Waals surface area contributed by atoms with Crippen molar-refractivity contribution in [3.63, 3.8) is 0 Å². The number of rotatable bonds is 4. The molecule has 19 heavy (non-hydrogen) atoms. The Kier molecular flexibility index (Phi) is 3.25. The summed E-state index contributed by atoms with van der Waals surface area (Å²) in [5, 5.41) is 3.85. The van der Waals surface area contributed by atoms with Crippen LogP contribution in [0.2, 0.25) is 0 Å². The highest BCUT2D eigenvalue weighted by atomic mass is 32.1. The average Bonchev–Trinajstić information content (AvgIpc) is 3.11. The van der Waals surface area contributed by atoms with Crippen LogP contribution >= 0.6 is 11.3 Å². The molecule has 2 N–H and O–H groups in total. The van der Waals surface area contributed by atoms with Crippen LogP contribution in [0.4, 0.5) is 5.69 Å². The largest absolute Gasteiger partial charge is 0.398 e. The molecule has 0 atom stereocenters. The summed E-state index contributed by atoms with van der Waals surface area (Å²) in [6, 6.07) is 10.0. The predicted molar refractivity (Wildman–Crippen MR) is 78.1 cm³/mol. The van der Waals surface area contributed by atoms with Crippen molar-refractivity contribution in [1.82, 2.24) is 4.90 Å². The van der Waals surface area contributed by atoms with E-state index in [1.165, 1.54) is 0 Å². The fraction of sp³-hybridized carbons (Fsp3) is 0.267. The minimum atomic E-state index is 0.118. The summed E-state index contributed by atoms with van der Waals surface area (Å²) >= 11 is 1.55. The maximum Gasteiger partial charge on any atom is 0.255 e. The second-order valence-corrected chi connectivity index (χ2v) is 5.66. The molecule has 0 bridgehead atoms. The fourth-order valence-corrected chi connectivity index (χ4v) is 2.80. The Morgan fingerprint density at radius 1 is 1.32 bits per heavy atom. The van der Waals surface area contributed by atoms with Gasteiger partial charge >= 0.3 is 0 Å². The van der Waals surface area contributed by atoms with Gasteiger partial charge < -0.3 is 10.6 Å². The molecule has 1 amide bonds. The molecule has 3 rings (SSSR count). The third-order valence-corrected chi connectivity index (χ3v) is 4.10. The number of benzene rings is 1. The Balaban J connectivity index is 1.82. The first-order chi connectivity index (χ1) is 9.25. The molecule has 0 spiro atoms. The Morgan fingerprint density at radius 3 is 2.74 bits per heavy atom. The van der Waals surface area contributed by atoms with Gasteiger partial charge in [-0.1, -0.05) is 18.2 Å². The fourth-order valence-electron chi connectivity index (χ4n) is 2.17. The zero-order valence-electron chi connectivity index (χ0n) is 10.6. The first kappa shape index (κ1) is 12.2. The molecule has 1 aromatic carbocycles. The maximum atomic E-state index is 12.5. The highest BCUT2D eigenvalue weighted by molar-refractivity contribution is 7.08. The number of nitrogens with two attached hydrogens (primary N) is 1. The lowest BCUT2D eigenvalue weighted by Gasteiger charge is -2.23. The van der Waals surface area contributed by atoms with Gasteiger partial charge in [0.05, 0.1) is 5.56 Å². The molecule has 0 unspecified atom stereocenters. The molecule has 0 aliphatic heterocycles. The number of hydrogen-bond donors (Lipinski definition) is 1. The van der Waals surface area contributed by atoms with Gasteiger partial charge in [-0.05, 0) is 35.9 Å². The van der Waals surface area contributed by atoms with Crippen LogP contribution in [0.15, 0.2) is 41.1 Å². The zero-order chi connectivity index (χ0) is 13.2. The lowest BCUT2D eigenvalue weighted by atomic mass is 10.1. The summed E-state index contributed by atoms with van der Waals surface area (Å²) in [6.45, 7) is 0.603. The van der Waals surface area contributed by atoms with Crippen molar-refractivity contribution >= 4 is 22.9 Å². The SMILES string of the molecule is Nc1ccccc1CN(C(=O)c1ccsc1)C1CC1. The van der Waals surface area contributed by atoms with Crippen LogP contribution in [0.5, 0.6) is 0 Å². The van der Waals surface area contributed by atoms with Crippen molar-refractivity contribution < 1.29 is 4.79 Å². The lowest BCUT2D eigenvalue weighted by molar-refractivity contribution is 0.0731. The summed E-state index contributed by atoms with van der Waals surface area (Å²) < 4.78 is 0. The zero-order valence-corrected chi connectivity index (χ0v) is 11.4. The minimum Gasteiger partial charge on any atom is -0.398 e. The van der Waals surface area contributed by atoms with Gasteiger partial charge in [-0.25, -0.2) is 0 Å². The van der Waals surface area contributed by atoms with Crippen molar-refractivity contribution in [2.75, 3.05) is 5.73 Å². The number of carbonyl (C=O) groups is 1. The molecule has 1 heterocycles. The number of anilines is 1. The summed E-state index contributed by atoms with van der Waals surface area (Å²) in [7, 11) is 0. The minimum absolute atomic E-state index is 0.118. The summed E-state index contributed by atoms with van der Waals surface area (Å²) in [5.41, 5.74) is 8.54. The number of para-hydroxylation sites is 1. The number of nitrogen functional groups attached to an aromatic ring is 1. The number of nitrogens with zero attached hydrogens (tertiary/aromatic N) is 1. The van der Waals surface area contributed by atoms with E-state index in [0.29, 0.717) is 12.6 Å². The molecule has 98 valence electrons. The monoisotopic (exact) mass is 272 g/mol. The Bertz CT molecular complexity index is 576. The average molecular weight is 272 g/mol. The highest BCUT2D eigenvalue weighted by Gasteiger charge is 2.33. The summed E-state index contributed by atoms with van der Waals surface area (Å²) in [6.07, 6.45) is 2.20. The van der Waals surface area contributed by atoms with E-state index in [1.54, 1.807) is 11.3 Å². The van der Waals surface area contributed by atoms with Gasteiger partial charge in [0.1, 0.15) is 0 Å². The second kappa shape index (κ2) is 5.05. The van der Waals surface area contributed by atoms with Gasteiger partial charge in [-0.3, -0.25) is 4.79 Å².